The number of piperazine rings is 1. The number of hydrogen-bond acceptors (Lipinski definition) is 7. The number of aromatic nitrogens is 2. The van der Waals surface area contributed by atoms with E-state index in [4.69, 9.17) is 0 Å². The van der Waals surface area contributed by atoms with Crippen LogP contribution >= 0.6 is 11.8 Å². The Morgan fingerprint density at radius 2 is 2.03 bits per heavy atom. The van der Waals surface area contributed by atoms with Crippen LogP contribution in [0.5, 0.6) is 0 Å². The topological polar surface area (TPSA) is 136 Å². The number of hydrogen-bond donors (Lipinski definition) is 2. The molecule has 3 heterocycles. The molecule has 13 heteroatoms. The van der Waals surface area contributed by atoms with Gasteiger partial charge < -0.3 is 19.7 Å². The highest BCUT2D eigenvalue weighted by Gasteiger charge is 2.54. The van der Waals surface area contributed by atoms with Gasteiger partial charge in [-0.3, -0.25) is 14.4 Å². The fraction of sp³-hybridized carbons (Fsp3) is 0.667. The Bertz CT molecular complexity index is 964. The summed E-state index contributed by atoms with van der Waals surface area (Å²) in [5, 5.41) is 0. The summed E-state index contributed by atoms with van der Waals surface area (Å²) in [7, 11) is -3.72. The van der Waals surface area contributed by atoms with E-state index in [1.807, 2.05) is 6.92 Å². The normalized spacial score (nSPS) is 26.9. The third-order valence-electron chi connectivity index (χ3n) is 5.66. The van der Waals surface area contributed by atoms with Gasteiger partial charge in [0.2, 0.25) is 21.8 Å². The number of carbonyl (C=O) groups is 3. The molecule has 3 fully saturated rings. The van der Waals surface area contributed by atoms with Crippen LogP contribution in [0.4, 0.5) is 0 Å². The van der Waals surface area contributed by atoms with Crippen LogP contribution in [-0.4, -0.2) is 106 Å². The predicted molar refractivity (Wildman–Crippen MR) is 114 cm³/mol. The van der Waals surface area contributed by atoms with Crippen molar-refractivity contribution in [2.75, 3.05) is 30.9 Å². The van der Waals surface area contributed by atoms with Gasteiger partial charge in [-0.25, -0.2) is 18.1 Å². The monoisotopic (exact) mass is 470 g/mol. The summed E-state index contributed by atoms with van der Waals surface area (Å²) in [6.07, 6.45) is 5.08. The highest BCUT2D eigenvalue weighted by Crippen LogP contribution is 2.35. The second-order valence-corrected chi connectivity index (χ2v) is 11.1. The number of nitrogens with zero attached hydrogens (tertiary/aromatic N) is 4. The summed E-state index contributed by atoms with van der Waals surface area (Å²) < 4.78 is 26.1. The Morgan fingerprint density at radius 3 is 2.61 bits per heavy atom. The third kappa shape index (κ3) is 4.44. The molecule has 3 amide bonds. The molecule has 3 aliphatic rings. The van der Waals surface area contributed by atoms with Crippen LogP contribution in [0.3, 0.4) is 0 Å². The smallest absolute Gasteiger partial charge is 0.291 e. The fourth-order valence-electron chi connectivity index (χ4n) is 4.18. The molecule has 2 aliphatic heterocycles. The van der Waals surface area contributed by atoms with Gasteiger partial charge in [0.1, 0.15) is 18.2 Å². The lowest BCUT2D eigenvalue weighted by molar-refractivity contribution is -0.167. The van der Waals surface area contributed by atoms with Gasteiger partial charge in [0.15, 0.2) is 5.82 Å². The predicted octanol–water partition coefficient (Wildman–Crippen LogP) is -0.936. The number of fused-ring (bicyclic) bond motifs is 1. The van der Waals surface area contributed by atoms with E-state index in [9.17, 15) is 22.8 Å². The summed E-state index contributed by atoms with van der Waals surface area (Å²) in [5.41, 5.74) is 0. The summed E-state index contributed by atoms with van der Waals surface area (Å²) in [4.78, 5) is 51.3. The Morgan fingerprint density at radius 1 is 1.29 bits per heavy atom. The first-order valence-electron chi connectivity index (χ1n) is 10.2. The quantitative estimate of drug-likeness (QED) is 0.525. The molecule has 3 atom stereocenters. The molecule has 0 bridgehead atoms. The van der Waals surface area contributed by atoms with Crippen molar-refractivity contribution in [3.05, 3.63) is 18.2 Å². The highest BCUT2D eigenvalue weighted by atomic mass is 32.2. The number of amides is 3. The number of sulfonamides is 1. The van der Waals surface area contributed by atoms with Gasteiger partial charge in [0.05, 0.1) is 12.8 Å². The van der Waals surface area contributed by atoms with E-state index in [0.717, 1.165) is 24.9 Å². The van der Waals surface area contributed by atoms with Crippen LogP contribution in [-0.2, 0) is 19.6 Å². The van der Waals surface area contributed by atoms with Gasteiger partial charge in [0, 0.05) is 30.7 Å². The third-order valence-corrected chi connectivity index (χ3v) is 7.33. The van der Waals surface area contributed by atoms with Crippen molar-refractivity contribution in [2.24, 2.45) is 0 Å². The minimum absolute atomic E-state index is 0.0989. The van der Waals surface area contributed by atoms with Crippen molar-refractivity contribution in [2.45, 2.75) is 44.1 Å². The molecule has 1 unspecified atom stereocenters. The van der Waals surface area contributed by atoms with Gasteiger partial charge in [-0.2, -0.15) is 11.8 Å². The number of H-pyrrole nitrogens is 1. The lowest BCUT2D eigenvalue weighted by Crippen LogP contribution is -2.76. The zero-order valence-corrected chi connectivity index (χ0v) is 19.0. The van der Waals surface area contributed by atoms with Crippen molar-refractivity contribution in [1.29, 1.82) is 0 Å². The average Bonchev–Trinajstić information content (AvgIpc) is 3.40. The summed E-state index contributed by atoms with van der Waals surface area (Å²) in [6.45, 7) is 2.04. The van der Waals surface area contributed by atoms with E-state index >= 15 is 0 Å². The molecule has 1 aromatic heterocycles. The van der Waals surface area contributed by atoms with Crippen LogP contribution in [0, 0.1) is 0 Å². The van der Waals surface area contributed by atoms with Crippen molar-refractivity contribution >= 4 is 39.5 Å². The number of thioether (sulfide) groups is 1. The second kappa shape index (κ2) is 8.43. The lowest BCUT2D eigenvalue weighted by atomic mass is 10.0. The summed E-state index contributed by atoms with van der Waals surface area (Å²) in [5.74, 6) is 0.180. The maximum absolute atomic E-state index is 13.4. The van der Waals surface area contributed by atoms with Crippen LogP contribution in [0.1, 0.15) is 30.4 Å². The standard InChI is InChI=1S/C18H26N6O5S2/c1-3-30-10-13-17(26)22(11-4-5-11)9-14-23(18(27)15-19-6-7-20-15)8-12(16(25)24(13)14)21-31(2,28)29/h6-7,11-14,21H,3-5,8-10H2,1-2H3,(H,19,20)/t12-,13-,14?/m0/s1. The molecule has 31 heavy (non-hydrogen) atoms. The molecule has 1 aromatic rings. The first kappa shape index (κ1) is 22.1. The summed E-state index contributed by atoms with van der Waals surface area (Å²) in [6, 6.07) is -1.79. The maximum atomic E-state index is 13.4. The molecule has 4 rings (SSSR count). The van der Waals surface area contributed by atoms with Crippen LogP contribution in [0.2, 0.25) is 0 Å². The van der Waals surface area contributed by atoms with Crippen molar-refractivity contribution in [3.8, 4) is 0 Å². The highest BCUT2D eigenvalue weighted by molar-refractivity contribution is 7.99. The number of rotatable bonds is 7. The maximum Gasteiger partial charge on any atom is 0.291 e. The Labute approximate surface area is 185 Å². The van der Waals surface area contributed by atoms with E-state index in [-0.39, 0.29) is 30.9 Å². The van der Waals surface area contributed by atoms with Gasteiger partial charge in [0.25, 0.3) is 5.91 Å². The Hall–Kier alpha value is -2.12. The molecule has 0 spiro atoms. The average molecular weight is 471 g/mol. The van der Waals surface area contributed by atoms with E-state index in [2.05, 4.69) is 14.7 Å². The first-order chi connectivity index (χ1) is 14.7. The largest absolute Gasteiger partial charge is 0.341 e. The zero-order chi connectivity index (χ0) is 22.3. The Balaban J connectivity index is 1.73. The van der Waals surface area contributed by atoms with Crippen molar-refractivity contribution in [3.63, 3.8) is 0 Å². The molecule has 170 valence electrons. The van der Waals surface area contributed by atoms with Gasteiger partial charge >= 0.3 is 0 Å². The summed E-state index contributed by atoms with van der Waals surface area (Å²) >= 11 is 1.53. The Kier molecular flexibility index (Phi) is 6.01. The molecular weight excluding hydrogens is 444 g/mol. The van der Waals surface area contributed by atoms with E-state index in [1.165, 1.54) is 34.0 Å². The molecular formula is C18H26N6O5S2. The molecule has 0 aromatic carbocycles. The van der Waals surface area contributed by atoms with Crippen molar-refractivity contribution < 1.29 is 22.8 Å². The minimum atomic E-state index is -3.72. The molecule has 2 N–H and O–H groups in total. The van der Waals surface area contributed by atoms with E-state index in [0.29, 0.717) is 5.75 Å². The molecule has 11 nitrogen and oxygen atoms in total. The van der Waals surface area contributed by atoms with E-state index in [1.54, 1.807) is 4.90 Å². The second-order valence-electron chi connectivity index (χ2n) is 7.96. The molecule has 0 radical (unpaired) electrons. The number of imidazole rings is 1. The van der Waals surface area contributed by atoms with E-state index < -0.39 is 40.1 Å². The van der Waals surface area contributed by atoms with Crippen LogP contribution in [0.15, 0.2) is 12.4 Å². The first-order valence-corrected chi connectivity index (χ1v) is 13.2. The fourth-order valence-corrected chi connectivity index (χ4v) is 5.63. The molecule has 2 saturated heterocycles. The number of aromatic amines is 1. The van der Waals surface area contributed by atoms with Crippen molar-refractivity contribution in [1.82, 2.24) is 29.4 Å². The molecule has 1 saturated carbocycles. The number of nitrogens with one attached hydrogen (secondary N) is 2. The SMILES string of the molecule is CCSC[C@H]1C(=O)N(C2CC2)CC2N(C(=O)c3ncc[nH]3)C[C@H](NS(C)(=O)=O)C(=O)N21. The van der Waals surface area contributed by atoms with Crippen LogP contribution < -0.4 is 4.72 Å². The zero-order valence-electron chi connectivity index (χ0n) is 17.4. The lowest BCUT2D eigenvalue weighted by Gasteiger charge is -2.53. The number of carbonyl (C=O) groups excluding carboxylic acids is 3. The van der Waals surface area contributed by atoms with Gasteiger partial charge in [-0.15, -0.1) is 0 Å². The molecule has 1 aliphatic carbocycles. The van der Waals surface area contributed by atoms with Gasteiger partial charge in [-0.1, -0.05) is 6.92 Å². The van der Waals surface area contributed by atoms with Gasteiger partial charge in [-0.05, 0) is 18.6 Å². The van der Waals surface area contributed by atoms with Crippen LogP contribution in [0.25, 0.3) is 0 Å². The minimum Gasteiger partial charge on any atom is -0.341 e.